The van der Waals surface area contributed by atoms with Crippen molar-refractivity contribution in [2.24, 2.45) is 16.5 Å². The van der Waals surface area contributed by atoms with Crippen LogP contribution in [-0.2, 0) is 9.53 Å². The second-order valence-corrected chi connectivity index (χ2v) is 4.66. The molecule has 4 N–H and O–H groups in total. The van der Waals surface area contributed by atoms with Crippen LogP contribution in [0.1, 0.15) is 10.4 Å². The summed E-state index contributed by atoms with van der Waals surface area (Å²) in [6.07, 6.45) is 0.963. The van der Waals surface area contributed by atoms with Crippen LogP contribution in [0.2, 0.25) is 10.0 Å². The van der Waals surface area contributed by atoms with Gasteiger partial charge in [-0.15, -0.1) is 0 Å². The summed E-state index contributed by atoms with van der Waals surface area (Å²) in [5.41, 5.74) is 10.8. The van der Waals surface area contributed by atoms with Crippen LogP contribution in [0.15, 0.2) is 35.0 Å². The minimum Gasteiger partial charge on any atom is -0.454 e. The molecular formula is C13H13Cl2N3O3. The van der Waals surface area contributed by atoms with E-state index in [1.165, 1.54) is 25.2 Å². The van der Waals surface area contributed by atoms with E-state index >= 15 is 0 Å². The summed E-state index contributed by atoms with van der Waals surface area (Å²) in [5.74, 6) is -1.41. The summed E-state index contributed by atoms with van der Waals surface area (Å²) in [6, 6.07) is 4.38. The topological polar surface area (TPSA) is 108 Å². The number of nitrogens with zero attached hydrogens (tertiary/aromatic N) is 1. The van der Waals surface area contributed by atoms with E-state index < -0.39 is 18.4 Å². The third kappa shape index (κ3) is 4.47. The first-order valence-corrected chi connectivity index (χ1v) is 6.46. The van der Waals surface area contributed by atoms with Crippen LogP contribution < -0.4 is 11.5 Å². The van der Waals surface area contributed by atoms with Crippen LogP contribution in [0.5, 0.6) is 0 Å². The van der Waals surface area contributed by atoms with E-state index in [1.807, 2.05) is 0 Å². The monoisotopic (exact) mass is 329 g/mol. The van der Waals surface area contributed by atoms with Gasteiger partial charge in [-0.2, -0.15) is 0 Å². The Morgan fingerprint density at radius 3 is 2.57 bits per heavy atom. The smallest absolute Gasteiger partial charge is 0.343 e. The van der Waals surface area contributed by atoms with Gasteiger partial charge >= 0.3 is 5.97 Å². The van der Waals surface area contributed by atoms with Crippen molar-refractivity contribution in [2.45, 2.75) is 0 Å². The third-order valence-corrected chi connectivity index (χ3v) is 3.02. The average molecular weight is 330 g/mol. The number of nitrogens with two attached hydrogens (primary N) is 2. The first-order valence-electron chi connectivity index (χ1n) is 5.70. The van der Waals surface area contributed by atoms with E-state index in [-0.39, 0.29) is 22.0 Å². The van der Waals surface area contributed by atoms with Crippen molar-refractivity contribution in [3.63, 3.8) is 0 Å². The molecule has 6 nitrogen and oxygen atoms in total. The van der Waals surface area contributed by atoms with Crippen molar-refractivity contribution in [1.82, 2.24) is 0 Å². The molecule has 8 heteroatoms. The fraction of sp³-hybridized carbons (Fsp3) is 0.154. The van der Waals surface area contributed by atoms with Gasteiger partial charge in [0.05, 0.1) is 5.02 Å². The normalized spacial score (nSPS) is 12.1. The number of amidine groups is 1. The van der Waals surface area contributed by atoms with Crippen molar-refractivity contribution in [2.75, 3.05) is 13.7 Å². The van der Waals surface area contributed by atoms with Crippen molar-refractivity contribution in [3.8, 4) is 0 Å². The highest BCUT2D eigenvalue weighted by atomic mass is 35.5. The molecule has 0 aromatic heterocycles. The first kappa shape index (κ1) is 17.0. The maximum Gasteiger partial charge on any atom is 0.343 e. The highest BCUT2D eigenvalue weighted by molar-refractivity contribution is 6.36. The zero-order valence-electron chi connectivity index (χ0n) is 11.1. The molecule has 0 bridgehead atoms. The van der Waals surface area contributed by atoms with E-state index in [0.29, 0.717) is 5.02 Å². The van der Waals surface area contributed by atoms with Crippen LogP contribution in [-0.4, -0.2) is 31.2 Å². The van der Waals surface area contributed by atoms with Gasteiger partial charge in [0.25, 0.3) is 0 Å². The molecule has 0 atom stereocenters. The Hall–Kier alpha value is -2.05. The molecule has 21 heavy (non-hydrogen) atoms. The summed E-state index contributed by atoms with van der Waals surface area (Å²) < 4.78 is 4.83. The molecule has 1 aromatic rings. The van der Waals surface area contributed by atoms with Crippen LogP contribution in [0, 0.1) is 0 Å². The van der Waals surface area contributed by atoms with Gasteiger partial charge in [-0.25, -0.2) is 4.79 Å². The molecule has 0 spiro atoms. The molecule has 0 amide bonds. The second-order valence-electron chi connectivity index (χ2n) is 3.81. The lowest BCUT2D eigenvalue weighted by Crippen LogP contribution is -2.25. The fourth-order valence-corrected chi connectivity index (χ4v) is 1.89. The molecule has 0 radical (unpaired) electrons. The molecule has 0 aliphatic carbocycles. The lowest BCUT2D eigenvalue weighted by molar-refractivity contribution is -0.137. The number of hydrogen-bond acceptors (Lipinski definition) is 5. The maximum absolute atomic E-state index is 11.9. The van der Waals surface area contributed by atoms with Gasteiger partial charge in [-0.3, -0.25) is 9.79 Å². The van der Waals surface area contributed by atoms with Gasteiger partial charge < -0.3 is 16.2 Å². The number of ether oxygens (including phenoxy) is 1. The Kier molecular flexibility index (Phi) is 6.20. The van der Waals surface area contributed by atoms with E-state index in [2.05, 4.69) is 4.99 Å². The highest BCUT2D eigenvalue weighted by Crippen LogP contribution is 2.21. The van der Waals surface area contributed by atoms with Gasteiger partial charge in [-0.05, 0) is 18.2 Å². The van der Waals surface area contributed by atoms with Gasteiger partial charge in [-0.1, -0.05) is 23.2 Å². The molecule has 0 aliphatic rings. The molecule has 0 saturated heterocycles. The van der Waals surface area contributed by atoms with E-state index in [9.17, 15) is 9.59 Å². The summed E-state index contributed by atoms with van der Waals surface area (Å²) in [4.78, 5) is 27.2. The molecular weight excluding hydrogens is 317 g/mol. The number of carbonyl (C=O) groups is 2. The Morgan fingerprint density at radius 1 is 1.38 bits per heavy atom. The zero-order chi connectivity index (χ0) is 16.0. The van der Waals surface area contributed by atoms with Gasteiger partial charge in [0.1, 0.15) is 11.4 Å². The SMILES string of the molecule is CN=C(N)/C(=C\N)C(=O)OCC(=O)c1ccc(Cl)cc1Cl. The predicted molar refractivity (Wildman–Crippen MR) is 81.6 cm³/mol. The second kappa shape index (κ2) is 7.66. The van der Waals surface area contributed by atoms with Crippen molar-refractivity contribution in [3.05, 3.63) is 45.6 Å². The fourth-order valence-electron chi connectivity index (χ4n) is 1.38. The molecule has 0 unspecified atom stereocenters. The summed E-state index contributed by atoms with van der Waals surface area (Å²) in [5, 5.41) is 0.571. The zero-order valence-corrected chi connectivity index (χ0v) is 12.6. The standard InChI is InChI=1S/C13H13Cl2N3O3/c1-18-12(17)9(5-16)13(20)21-6-11(19)8-3-2-7(14)4-10(8)15/h2-5H,6,16H2,1H3,(H2,17,18)/b9-5+. The number of hydrogen-bond donors (Lipinski definition) is 2. The van der Waals surface area contributed by atoms with Gasteiger partial charge in [0.15, 0.2) is 6.61 Å². The summed E-state index contributed by atoms with van der Waals surface area (Å²) in [7, 11) is 1.39. The Bertz CT molecular complexity index is 627. The van der Waals surface area contributed by atoms with Crippen molar-refractivity contribution < 1.29 is 14.3 Å². The molecule has 0 fully saturated rings. The minimum absolute atomic E-state index is 0.0838. The van der Waals surface area contributed by atoms with Crippen molar-refractivity contribution >= 4 is 40.8 Å². The number of aliphatic imine (C=N–C) groups is 1. The lowest BCUT2D eigenvalue weighted by Gasteiger charge is -2.07. The molecule has 1 aromatic carbocycles. The number of Topliss-reactive ketones (excluding diaryl/α,β-unsaturated/α-hetero) is 1. The molecule has 112 valence electrons. The number of ketones is 1. The maximum atomic E-state index is 11.9. The number of rotatable bonds is 5. The largest absolute Gasteiger partial charge is 0.454 e. The molecule has 1 rings (SSSR count). The average Bonchev–Trinajstić information content (AvgIpc) is 2.45. The van der Waals surface area contributed by atoms with E-state index in [4.69, 9.17) is 39.4 Å². The highest BCUT2D eigenvalue weighted by Gasteiger charge is 2.18. The Morgan fingerprint density at radius 2 is 2.05 bits per heavy atom. The van der Waals surface area contributed by atoms with Crippen LogP contribution >= 0.6 is 23.2 Å². The number of benzene rings is 1. The first-order chi connectivity index (χ1) is 9.90. The number of carbonyl (C=O) groups excluding carboxylic acids is 2. The van der Waals surface area contributed by atoms with Gasteiger partial charge in [0.2, 0.25) is 5.78 Å². The molecule has 0 saturated carbocycles. The van der Waals surface area contributed by atoms with Crippen LogP contribution in [0.4, 0.5) is 0 Å². The number of halogens is 2. The Labute approximate surface area is 131 Å². The third-order valence-electron chi connectivity index (χ3n) is 2.47. The summed E-state index contributed by atoms with van der Waals surface area (Å²) >= 11 is 11.6. The molecule has 0 heterocycles. The molecule has 0 aliphatic heterocycles. The quantitative estimate of drug-likeness (QED) is 0.280. The lowest BCUT2D eigenvalue weighted by atomic mass is 10.1. The van der Waals surface area contributed by atoms with E-state index in [1.54, 1.807) is 0 Å². The van der Waals surface area contributed by atoms with Crippen LogP contribution in [0.25, 0.3) is 0 Å². The summed E-state index contributed by atoms with van der Waals surface area (Å²) in [6.45, 7) is -0.505. The van der Waals surface area contributed by atoms with Gasteiger partial charge in [0, 0.05) is 23.8 Å². The van der Waals surface area contributed by atoms with Crippen molar-refractivity contribution in [1.29, 1.82) is 0 Å². The predicted octanol–water partition coefficient (Wildman–Crippen LogP) is 1.55. The number of esters is 1. The Balaban J connectivity index is 2.75. The minimum atomic E-state index is -0.848. The van der Waals surface area contributed by atoms with Crippen LogP contribution in [0.3, 0.4) is 0 Å². The van der Waals surface area contributed by atoms with E-state index in [0.717, 1.165) is 6.20 Å².